The molecule has 0 saturated heterocycles. The lowest BCUT2D eigenvalue weighted by atomic mass is 10.1. The summed E-state index contributed by atoms with van der Waals surface area (Å²) in [5, 5.41) is 0.547. The topological polar surface area (TPSA) is 46.2 Å². The Morgan fingerprint density at radius 1 is 1.28 bits per heavy atom. The van der Waals surface area contributed by atoms with Crippen molar-refractivity contribution in [2.75, 3.05) is 5.33 Å². The largest absolute Gasteiger partial charge is 0.240 e. The standard InChI is InChI=1S/C12H17BrFNO2S/c1-9(2)7-11(8-13)15-18(16,17)12-5-3-10(14)4-6-12/h3-6,9,11,15H,7-8H2,1-2H3. The van der Waals surface area contributed by atoms with Crippen molar-refractivity contribution < 1.29 is 12.8 Å². The molecule has 0 aliphatic heterocycles. The van der Waals surface area contributed by atoms with E-state index in [4.69, 9.17) is 0 Å². The van der Waals surface area contributed by atoms with Crippen molar-refractivity contribution in [1.29, 1.82) is 0 Å². The zero-order valence-electron chi connectivity index (χ0n) is 10.4. The Morgan fingerprint density at radius 3 is 2.28 bits per heavy atom. The molecule has 0 aliphatic carbocycles. The third-order valence-electron chi connectivity index (χ3n) is 2.39. The van der Waals surface area contributed by atoms with Crippen LogP contribution in [0.25, 0.3) is 0 Å². The van der Waals surface area contributed by atoms with Gasteiger partial charge in [-0.3, -0.25) is 0 Å². The summed E-state index contributed by atoms with van der Waals surface area (Å²) in [6.07, 6.45) is 0.742. The minimum atomic E-state index is -3.58. The summed E-state index contributed by atoms with van der Waals surface area (Å²) in [5.41, 5.74) is 0. The first kappa shape index (κ1) is 15.6. The predicted octanol–water partition coefficient (Wildman–Crippen LogP) is 2.91. The van der Waals surface area contributed by atoms with Gasteiger partial charge in [-0.25, -0.2) is 17.5 Å². The third kappa shape index (κ3) is 4.66. The van der Waals surface area contributed by atoms with Gasteiger partial charge in [0.25, 0.3) is 0 Å². The van der Waals surface area contributed by atoms with E-state index in [9.17, 15) is 12.8 Å². The van der Waals surface area contributed by atoms with Crippen LogP contribution < -0.4 is 4.72 Å². The number of halogens is 2. The lowest BCUT2D eigenvalue weighted by Crippen LogP contribution is -2.37. The SMILES string of the molecule is CC(C)CC(CBr)NS(=O)(=O)c1ccc(F)cc1. The van der Waals surface area contributed by atoms with E-state index in [0.717, 1.165) is 18.6 Å². The molecule has 1 aromatic rings. The van der Waals surface area contributed by atoms with Crippen molar-refractivity contribution in [1.82, 2.24) is 4.72 Å². The summed E-state index contributed by atoms with van der Waals surface area (Å²) >= 11 is 3.29. The van der Waals surface area contributed by atoms with E-state index in [2.05, 4.69) is 20.7 Å². The van der Waals surface area contributed by atoms with E-state index >= 15 is 0 Å². The first-order valence-corrected chi connectivity index (χ1v) is 8.29. The van der Waals surface area contributed by atoms with Crippen molar-refractivity contribution >= 4 is 26.0 Å². The summed E-state index contributed by atoms with van der Waals surface area (Å²) < 4.78 is 39.4. The first-order valence-electron chi connectivity index (χ1n) is 5.69. The molecule has 1 aromatic carbocycles. The number of nitrogens with one attached hydrogen (secondary N) is 1. The van der Waals surface area contributed by atoms with Crippen LogP contribution in [-0.4, -0.2) is 19.8 Å². The number of hydrogen-bond acceptors (Lipinski definition) is 2. The van der Waals surface area contributed by atoms with Gasteiger partial charge in [0, 0.05) is 11.4 Å². The fourth-order valence-corrected chi connectivity index (χ4v) is 3.50. The van der Waals surface area contributed by atoms with E-state index in [1.54, 1.807) is 0 Å². The predicted molar refractivity (Wildman–Crippen MR) is 73.8 cm³/mol. The molecule has 1 rings (SSSR count). The Hall–Kier alpha value is -0.460. The van der Waals surface area contributed by atoms with Gasteiger partial charge in [0.2, 0.25) is 10.0 Å². The average molecular weight is 338 g/mol. The molecule has 102 valence electrons. The fourth-order valence-electron chi connectivity index (χ4n) is 1.61. The number of sulfonamides is 1. The van der Waals surface area contributed by atoms with E-state index < -0.39 is 15.8 Å². The second-order valence-electron chi connectivity index (χ2n) is 4.56. The van der Waals surface area contributed by atoms with E-state index in [-0.39, 0.29) is 10.9 Å². The van der Waals surface area contributed by atoms with Crippen molar-refractivity contribution in [3.8, 4) is 0 Å². The van der Waals surface area contributed by atoms with Crippen molar-refractivity contribution in [2.45, 2.75) is 31.2 Å². The van der Waals surface area contributed by atoms with Crippen LogP contribution in [0.1, 0.15) is 20.3 Å². The van der Waals surface area contributed by atoms with Crippen molar-refractivity contribution in [3.05, 3.63) is 30.1 Å². The molecule has 0 saturated carbocycles. The molecule has 0 radical (unpaired) electrons. The average Bonchev–Trinajstić information content (AvgIpc) is 2.27. The second kappa shape index (κ2) is 6.63. The molecule has 3 nitrogen and oxygen atoms in total. The fraction of sp³-hybridized carbons (Fsp3) is 0.500. The Bertz CT molecular complexity index is 473. The highest BCUT2D eigenvalue weighted by molar-refractivity contribution is 9.09. The van der Waals surface area contributed by atoms with E-state index in [1.807, 2.05) is 13.8 Å². The van der Waals surface area contributed by atoms with Crippen LogP contribution in [-0.2, 0) is 10.0 Å². The molecule has 0 aromatic heterocycles. The molecule has 1 unspecified atom stereocenters. The maximum absolute atomic E-state index is 12.8. The first-order chi connectivity index (χ1) is 8.35. The minimum absolute atomic E-state index is 0.0820. The normalized spacial score (nSPS) is 13.8. The number of alkyl halides is 1. The van der Waals surface area contributed by atoms with Crippen LogP contribution in [0.5, 0.6) is 0 Å². The highest BCUT2D eigenvalue weighted by Gasteiger charge is 2.20. The summed E-state index contributed by atoms with van der Waals surface area (Å²) in [6, 6.07) is 4.64. The maximum atomic E-state index is 12.8. The van der Waals surface area contributed by atoms with Crippen LogP contribution in [0.4, 0.5) is 4.39 Å². The van der Waals surface area contributed by atoms with Gasteiger partial charge in [-0.05, 0) is 36.6 Å². The van der Waals surface area contributed by atoms with Gasteiger partial charge in [0.15, 0.2) is 0 Å². The summed E-state index contributed by atoms with van der Waals surface area (Å²) in [4.78, 5) is 0.0820. The molecule has 0 heterocycles. The third-order valence-corrected chi connectivity index (χ3v) is 4.71. The monoisotopic (exact) mass is 337 g/mol. The highest BCUT2D eigenvalue weighted by atomic mass is 79.9. The lowest BCUT2D eigenvalue weighted by Gasteiger charge is -2.18. The van der Waals surface area contributed by atoms with Gasteiger partial charge in [0.05, 0.1) is 4.90 Å². The van der Waals surface area contributed by atoms with Gasteiger partial charge in [-0.2, -0.15) is 0 Å². The lowest BCUT2D eigenvalue weighted by molar-refractivity contribution is 0.488. The molecular formula is C12H17BrFNO2S. The molecule has 1 atom stereocenters. The zero-order valence-corrected chi connectivity index (χ0v) is 12.8. The maximum Gasteiger partial charge on any atom is 0.240 e. The Kier molecular flexibility index (Phi) is 5.75. The van der Waals surface area contributed by atoms with Crippen LogP contribution >= 0.6 is 15.9 Å². The molecular weight excluding hydrogens is 321 g/mol. The molecule has 6 heteroatoms. The minimum Gasteiger partial charge on any atom is -0.207 e. The molecule has 0 aliphatic rings. The van der Waals surface area contributed by atoms with Gasteiger partial charge < -0.3 is 0 Å². The number of benzene rings is 1. The van der Waals surface area contributed by atoms with Gasteiger partial charge in [-0.15, -0.1) is 0 Å². The molecule has 18 heavy (non-hydrogen) atoms. The Labute approximate surface area is 116 Å². The van der Waals surface area contributed by atoms with E-state index in [0.29, 0.717) is 11.2 Å². The van der Waals surface area contributed by atoms with Gasteiger partial charge in [0.1, 0.15) is 5.82 Å². The Morgan fingerprint density at radius 2 is 1.83 bits per heavy atom. The molecule has 0 spiro atoms. The molecule has 0 bridgehead atoms. The van der Waals surface area contributed by atoms with Crippen LogP contribution in [0.2, 0.25) is 0 Å². The molecule has 0 amide bonds. The highest BCUT2D eigenvalue weighted by Crippen LogP contribution is 2.13. The number of rotatable bonds is 6. The van der Waals surface area contributed by atoms with Crippen LogP contribution in [0.3, 0.4) is 0 Å². The summed E-state index contributed by atoms with van der Waals surface area (Å²) in [6.45, 7) is 4.06. The second-order valence-corrected chi connectivity index (χ2v) is 6.92. The Balaban J connectivity index is 2.83. The van der Waals surface area contributed by atoms with E-state index in [1.165, 1.54) is 12.1 Å². The summed E-state index contributed by atoms with van der Waals surface area (Å²) in [7, 11) is -3.58. The molecule has 0 fully saturated rings. The van der Waals surface area contributed by atoms with Crippen LogP contribution in [0.15, 0.2) is 29.2 Å². The summed E-state index contributed by atoms with van der Waals surface area (Å²) in [5.74, 6) is -0.0587. The van der Waals surface area contributed by atoms with Gasteiger partial charge in [-0.1, -0.05) is 29.8 Å². The smallest absolute Gasteiger partial charge is 0.207 e. The van der Waals surface area contributed by atoms with Crippen molar-refractivity contribution in [2.24, 2.45) is 5.92 Å². The van der Waals surface area contributed by atoms with Crippen molar-refractivity contribution in [3.63, 3.8) is 0 Å². The molecule has 1 N–H and O–H groups in total. The quantitative estimate of drug-likeness (QED) is 0.811. The van der Waals surface area contributed by atoms with Gasteiger partial charge >= 0.3 is 0 Å². The number of hydrogen-bond donors (Lipinski definition) is 1. The van der Waals surface area contributed by atoms with Crippen LogP contribution in [0, 0.1) is 11.7 Å². The zero-order chi connectivity index (χ0) is 13.8.